The van der Waals surface area contributed by atoms with Gasteiger partial charge in [0.15, 0.2) is 0 Å². The summed E-state index contributed by atoms with van der Waals surface area (Å²) in [5, 5.41) is 11.7. The van der Waals surface area contributed by atoms with Crippen molar-refractivity contribution in [1.82, 2.24) is 19.3 Å². The molecule has 0 spiro atoms. The number of methoxy groups -OCH3 is 1. The highest BCUT2D eigenvalue weighted by atomic mass is 16.5. The molecule has 3 heterocycles. The number of rotatable bonds is 6. The monoisotopic (exact) mass is 429 g/mol. The smallest absolute Gasteiger partial charge is 0.267 e. The first-order valence-corrected chi connectivity index (χ1v) is 10.1. The predicted molar refractivity (Wildman–Crippen MR) is 122 cm³/mol. The van der Waals surface area contributed by atoms with Crippen molar-refractivity contribution in [2.45, 2.75) is 20.0 Å². The number of nitrogens with one attached hydrogen (secondary N) is 2. The molecule has 0 aliphatic rings. The number of pyridine rings is 2. The van der Waals surface area contributed by atoms with Crippen LogP contribution in [0.15, 0.2) is 66.1 Å². The maximum Gasteiger partial charge on any atom is 0.267 e. The van der Waals surface area contributed by atoms with Gasteiger partial charge in [-0.1, -0.05) is 24.3 Å². The number of amides is 1. The van der Waals surface area contributed by atoms with Crippen LogP contribution in [-0.2, 0) is 13.1 Å². The van der Waals surface area contributed by atoms with E-state index in [1.54, 1.807) is 25.4 Å². The molecule has 0 radical (unpaired) electrons. The van der Waals surface area contributed by atoms with E-state index in [1.165, 1.54) is 15.0 Å². The van der Waals surface area contributed by atoms with E-state index in [9.17, 15) is 9.59 Å². The van der Waals surface area contributed by atoms with Gasteiger partial charge in [-0.05, 0) is 42.3 Å². The number of hydrogen-bond donors (Lipinski definition) is 2. The predicted octanol–water partition coefficient (Wildman–Crippen LogP) is 2.56. The second-order valence-electron chi connectivity index (χ2n) is 7.38. The Kier molecular flexibility index (Phi) is 5.59. The summed E-state index contributed by atoms with van der Waals surface area (Å²) in [6.45, 7) is 6.13. The van der Waals surface area contributed by atoms with Crippen LogP contribution in [0.2, 0.25) is 0 Å². The van der Waals surface area contributed by atoms with Gasteiger partial charge in [0.2, 0.25) is 0 Å². The van der Waals surface area contributed by atoms with Crippen molar-refractivity contribution in [1.29, 1.82) is 5.41 Å². The fraction of sp³-hybridized carbons (Fsp3) is 0.167. The van der Waals surface area contributed by atoms with Crippen LogP contribution in [0, 0.1) is 12.3 Å². The summed E-state index contributed by atoms with van der Waals surface area (Å²) >= 11 is 0. The van der Waals surface area contributed by atoms with Crippen molar-refractivity contribution in [3.63, 3.8) is 0 Å². The third kappa shape index (κ3) is 3.66. The number of aromatic nitrogens is 3. The van der Waals surface area contributed by atoms with Gasteiger partial charge in [0.25, 0.3) is 11.5 Å². The number of hydrogen-bond acceptors (Lipinski definition) is 5. The minimum absolute atomic E-state index is 0.0329. The average molecular weight is 429 g/mol. The van der Waals surface area contributed by atoms with E-state index in [2.05, 4.69) is 16.9 Å². The normalized spacial score (nSPS) is 10.9. The van der Waals surface area contributed by atoms with Gasteiger partial charge in [0.05, 0.1) is 18.1 Å². The zero-order valence-electron chi connectivity index (χ0n) is 17.9. The van der Waals surface area contributed by atoms with Gasteiger partial charge < -0.3 is 14.6 Å². The van der Waals surface area contributed by atoms with Crippen LogP contribution in [0.1, 0.15) is 21.5 Å². The van der Waals surface area contributed by atoms with Crippen molar-refractivity contribution in [2.24, 2.45) is 0 Å². The standard InChI is InChI=1S/C24H23N5O3/c1-4-11-28-20(25)18(23(30)26-14-16-7-9-17(32-3)10-8-16)13-19-22(28)27-21-15(2)6-5-12-29(21)24(19)31/h4-10,12-13,25H,1,11,14H2,2-3H3,(H,26,30). The van der Waals surface area contributed by atoms with Gasteiger partial charge in [0, 0.05) is 19.3 Å². The molecule has 8 nitrogen and oxygen atoms in total. The Labute approximate surface area is 183 Å². The molecular weight excluding hydrogens is 406 g/mol. The van der Waals surface area contributed by atoms with Crippen LogP contribution in [0.5, 0.6) is 5.75 Å². The van der Waals surface area contributed by atoms with E-state index in [-0.39, 0.29) is 35.1 Å². The van der Waals surface area contributed by atoms with Crippen molar-refractivity contribution in [3.8, 4) is 5.75 Å². The second-order valence-corrected chi connectivity index (χ2v) is 7.38. The molecule has 8 heteroatoms. The van der Waals surface area contributed by atoms with Gasteiger partial charge in [-0.2, -0.15) is 0 Å². The number of ether oxygens (including phenoxy) is 1. The minimum Gasteiger partial charge on any atom is -0.497 e. The van der Waals surface area contributed by atoms with E-state index in [0.29, 0.717) is 11.3 Å². The molecule has 0 saturated carbocycles. The Morgan fingerprint density at radius 1 is 1.25 bits per heavy atom. The largest absolute Gasteiger partial charge is 0.497 e. The summed E-state index contributed by atoms with van der Waals surface area (Å²) in [5.74, 6) is 0.281. The molecule has 3 aromatic heterocycles. The summed E-state index contributed by atoms with van der Waals surface area (Å²) in [4.78, 5) is 30.8. The van der Waals surface area contributed by atoms with E-state index in [0.717, 1.165) is 16.9 Å². The second kappa shape index (κ2) is 8.50. The lowest BCUT2D eigenvalue weighted by atomic mass is 10.1. The van der Waals surface area contributed by atoms with Gasteiger partial charge in [-0.3, -0.25) is 19.4 Å². The summed E-state index contributed by atoms with van der Waals surface area (Å²) in [6, 6.07) is 12.4. The van der Waals surface area contributed by atoms with Gasteiger partial charge in [-0.25, -0.2) is 4.98 Å². The molecule has 0 saturated heterocycles. The molecule has 0 fully saturated rings. The maximum absolute atomic E-state index is 13.2. The Balaban J connectivity index is 1.81. The molecule has 0 aliphatic carbocycles. The first-order chi connectivity index (χ1) is 15.4. The number of fused-ring (bicyclic) bond motifs is 2. The minimum atomic E-state index is -0.445. The molecule has 162 valence electrons. The van der Waals surface area contributed by atoms with Crippen LogP contribution in [0.4, 0.5) is 0 Å². The van der Waals surface area contributed by atoms with E-state index < -0.39 is 5.91 Å². The van der Waals surface area contributed by atoms with Crippen LogP contribution >= 0.6 is 0 Å². The zero-order chi connectivity index (χ0) is 22.8. The van der Waals surface area contributed by atoms with Crippen molar-refractivity contribution in [3.05, 3.63) is 93.8 Å². The molecule has 0 aliphatic heterocycles. The fourth-order valence-electron chi connectivity index (χ4n) is 3.60. The van der Waals surface area contributed by atoms with E-state index in [4.69, 9.17) is 10.1 Å². The number of aryl methyl sites for hydroxylation is 1. The first-order valence-electron chi connectivity index (χ1n) is 10.1. The van der Waals surface area contributed by atoms with Gasteiger partial charge >= 0.3 is 0 Å². The molecule has 0 atom stereocenters. The molecular formula is C24H23N5O3. The molecule has 4 aromatic rings. The molecule has 4 rings (SSSR count). The summed E-state index contributed by atoms with van der Waals surface area (Å²) in [7, 11) is 1.59. The highest BCUT2D eigenvalue weighted by molar-refractivity contribution is 5.96. The summed E-state index contributed by atoms with van der Waals surface area (Å²) in [6.07, 6.45) is 3.25. The molecule has 1 aromatic carbocycles. The maximum atomic E-state index is 13.2. The van der Waals surface area contributed by atoms with Crippen molar-refractivity contribution >= 4 is 22.6 Å². The average Bonchev–Trinajstić information content (AvgIpc) is 2.80. The molecule has 0 bridgehead atoms. The van der Waals surface area contributed by atoms with Crippen molar-refractivity contribution < 1.29 is 9.53 Å². The highest BCUT2D eigenvalue weighted by Gasteiger charge is 2.17. The fourth-order valence-corrected chi connectivity index (χ4v) is 3.60. The first kappa shape index (κ1) is 21.0. The Bertz CT molecular complexity index is 1470. The lowest BCUT2D eigenvalue weighted by Gasteiger charge is -2.14. The summed E-state index contributed by atoms with van der Waals surface area (Å²) in [5.41, 5.74) is 2.35. The number of carbonyl (C=O) groups is 1. The van der Waals surface area contributed by atoms with Crippen LogP contribution in [0.25, 0.3) is 16.7 Å². The van der Waals surface area contributed by atoms with E-state index in [1.807, 2.05) is 37.3 Å². The van der Waals surface area contributed by atoms with Crippen LogP contribution in [0.3, 0.4) is 0 Å². The Morgan fingerprint density at radius 3 is 2.69 bits per heavy atom. The van der Waals surface area contributed by atoms with Crippen LogP contribution < -0.4 is 21.1 Å². The third-order valence-electron chi connectivity index (χ3n) is 5.30. The lowest BCUT2D eigenvalue weighted by Crippen LogP contribution is -2.34. The van der Waals surface area contributed by atoms with Crippen molar-refractivity contribution in [2.75, 3.05) is 7.11 Å². The topological polar surface area (TPSA) is 101 Å². The quantitative estimate of drug-likeness (QED) is 0.363. The molecule has 1 amide bonds. The summed E-state index contributed by atoms with van der Waals surface area (Å²) < 4.78 is 8.13. The third-order valence-corrected chi connectivity index (χ3v) is 5.30. The van der Waals surface area contributed by atoms with Gasteiger partial charge in [0.1, 0.15) is 22.5 Å². The molecule has 32 heavy (non-hydrogen) atoms. The Morgan fingerprint density at radius 2 is 2.00 bits per heavy atom. The lowest BCUT2D eigenvalue weighted by molar-refractivity contribution is 0.0948. The number of carbonyl (C=O) groups excluding carboxylic acids is 1. The molecule has 2 N–H and O–H groups in total. The van der Waals surface area contributed by atoms with Gasteiger partial charge in [-0.15, -0.1) is 6.58 Å². The highest BCUT2D eigenvalue weighted by Crippen LogP contribution is 2.14. The van der Waals surface area contributed by atoms with E-state index >= 15 is 0 Å². The Hall–Kier alpha value is -4.20. The van der Waals surface area contributed by atoms with Crippen LogP contribution in [-0.4, -0.2) is 27.0 Å². The number of nitrogens with zero attached hydrogens (tertiary/aromatic N) is 3. The number of allylic oxidation sites excluding steroid dienone is 1. The molecule has 0 unspecified atom stereocenters. The SMILES string of the molecule is C=CCn1c(=N)c(C(=O)NCc2ccc(OC)cc2)cc2c(=O)n3cccc(C)c3nc21. The zero-order valence-corrected chi connectivity index (χ0v) is 17.9. The number of benzene rings is 1.